The summed E-state index contributed by atoms with van der Waals surface area (Å²) in [5.74, 6) is 2.67. The highest BCUT2D eigenvalue weighted by Gasteiger charge is 3.10. The van der Waals surface area contributed by atoms with Crippen LogP contribution < -0.4 is 0 Å². The minimum atomic E-state index is -0.416. The number of hydrogen-bond acceptors (Lipinski definition) is 4. The Kier molecular flexibility index (Phi) is 1.41. The zero-order valence-corrected chi connectivity index (χ0v) is 12.2. The van der Waals surface area contributed by atoms with Crippen LogP contribution in [0.15, 0.2) is 0 Å². The third-order valence-corrected chi connectivity index (χ3v) is 8.87. The number of rotatable bonds is 2. The highest BCUT2D eigenvalue weighted by atomic mass is 79.9. The van der Waals surface area contributed by atoms with Gasteiger partial charge in [-0.25, -0.2) is 0 Å². The van der Waals surface area contributed by atoms with Gasteiger partial charge in [0.25, 0.3) is 0 Å². The fraction of sp³-hybridized carbons (Fsp3) is 0.929. The first-order chi connectivity index (χ1) is 9.17. The summed E-state index contributed by atoms with van der Waals surface area (Å²) < 4.78 is 17.5. The normalized spacial score (nSPS) is 66.8. The molecule has 8 atom stereocenters. The van der Waals surface area contributed by atoms with Crippen LogP contribution in [0.2, 0.25) is 0 Å². The summed E-state index contributed by atoms with van der Waals surface area (Å²) in [6.45, 7) is 3.77. The van der Waals surface area contributed by atoms with Crippen molar-refractivity contribution in [3.8, 4) is 0 Å². The van der Waals surface area contributed by atoms with Gasteiger partial charge in [-0.2, -0.15) is 0 Å². The zero-order valence-electron chi connectivity index (χ0n) is 10.6. The fourth-order valence-electron chi connectivity index (χ4n) is 7.28. The molecular weight excluding hydrogens is 312 g/mol. The van der Waals surface area contributed by atoms with Crippen molar-refractivity contribution in [3.05, 3.63) is 0 Å². The van der Waals surface area contributed by atoms with E-state index in [1.54, 1.807) is 0 Å². The van der Waals surface area contributed by atoms with Crippen molar-refractivity contribution in [2.75, 3.05) is 19.8 Å². The molecular formula is C14H15BrO4. The summed E-state index contributed by atoms with van der Waals surface area (Å²) in [7, 11) is 0. The summed E-state index contributed by atoms with van der Waals surface area (Å²) in [5, 5.41) is 0. The molecule has 0 radical (unpaired) electrons. The topological polar surface area (TPSA) is 44.8 Å². The predicted molar refractivity (Wildman–Crippen MR) is 66.3 cm³/mol. The van der Waals surface area contributed by atoms with Crippen molar-refractivity contribution < 1.29 is 19.0 Å². The molecule has 0 aromatic heterocycles. The first kappa shape index (κ1) is 10.6. The Labute approximate surface area is 119 Å². The van der Waals surface area contributed by atoms with Gasteiger partial charge in [0, 0.05) is 5.92 Å². The van der Waals surface area contributed by atoms with Gasteiger partial charge in [0.1, 0.15) is 0 Å². The molecule has 0 N–H and O–H groups in total. The van der Waals surface area contributed by atoms with Crippen LogP contribution in [0, 0.1) is 40.9 Å². The first-order valence-corrected chi connectivity index (χ1v) is 8.10. The highest BCUT2D eigenvalue weighted by molar-refractivity contribution is 9.10. The lowest BCUT2D eigenvalue weighted by molar-refractivity contribution is -0.422. The molecule has 1 aliphatic heterocycles. The monoisotopic (exact) mass is 326 g/mol. The molecule has 4 nitrogen and oxygen atoms in total. The van der Waals surface area contributed by atoms with Gasteiger partial charge in [-0.05, 0) is 36.5 Å². The van der Waals surface area contributed by atoms with Crippen molar-refractivity contribution in [3.63, 3.8) is 0 Å². The SMILES string of the molecule is CCOC(=O)C12C3[C@H]4[C@H]1C1[C@H]2[C@H]3C4(Br)C12OCCO2. The molecule has 5 heteroatoms. The van der Waals surface area contributed by atoms with E-state index in [9.17, 15) is 4.79 Å². The fourth-order valence-corrected chi connectivity index (χ4v) is 8.91. The van der Waals surface area contributed by atoms with Crippen molar-refractivity contribution in [2.24, 2.45) is 40.9 Å². The van der Waals surface area contributed by atoms with Gasteiger partial charge in [0.2, 0.25) is 0 Å². The number of esters is 1. The van der Waals surface area contributed by atoms with Crippen LogP contribution in [0.5, 0.6) is 0 Å². The van der Waals surface area contributed by atoms with Crippen LogP contribution in [0.1, 0.15) is 6.92 Å². The Balaban J connectivity index is 1.47. The van der Waals surface area contributed by atoms with E-state index >= 15 is 0 Å². The van der Waals surface area contributed by atoms with Crippen molar-refractivity contribution in [2.45, 2.75) is 17.0 Å². The second kappa shape index (κ2) is 2.53. The second-order valence-corrected chi connectivity index (χ2v) is 8.25. The van der Waals surface area contributed by atoms with E-state index in [4.69, 9.17) is 14.2 Å². The number of hydrogen-bond donors (Lipinski definition) is 0. The van der Waals surface area contributed by atoms with Crippen molar-refractivity contribution in [1.82, 2.24) is 0 Å². The van der Waals surface area contributed by atoms with E-state index in [0.29, 0.717) is 55.3 Å². The lowest BCUT2D eigenvalue weighted by Gasteiger charge is -2.89. The number of alkyl halides is 1. The molecule has 7 rings (SSSR count). The Morgan fingerprint density at radius 2 is 1.74 bits per heavy atom. The molecule has 102 valence electrons. The van der Waals surface area contributed by atoms with E-state index in [-0.39, 0.29) is 15.7 Å². The molecule has 7 aliphatic rings. The lowest BCUT2D eigenvalue weighted by atomic mass is 9.13. The molecule has 7 fully saturated rings. The minimum absolute atomic E-state index is 0.00934. The zero-order chi connectivity index (χ0) is 12.8. The minimum Gasteiger partial charge on any atom is -0.466 e. The number of carbonyl (C=O) groups excluding carboxylic acids is 1. The van der Waals surface area contributed by atoms with Crippen LogP contribution in [0.3, 0.4) is 0 Å². The molecule has 0 aromatic carbocycles. The molecule has 6 aliphatic carbocycles. The number of ether oxygens (including phenoxy) is 3. The molecule has 1 heterocycles. The van der Waals surface area contributed by atoms with E-state index in [0.717, 1.165) is 0 Å². The summed E-state index contributed by atoms with van der Waals surface area (Å²) in [6, 6.07) is 0. The van der Waals surface area contributed by atoms with Crippen LogP contribution >= 0.6 is 15.9 Å². The maximum atomic E-state index is 12.4. The van der Waals surface area contributed by atoms with Crippen molar-refractivity contribution >= 4 is 21.9 Å². The van der Waals surface area contributed by atoms with Gasteiger partial charge < -0.3 is 14.2 Å². The van der Waals surface area contributed by atoms with Gasteiger partial charge in [0.05, 0.1) is 29.6 Å². The third kappa shape index (κ3) is 0.596. The van der Waals surface area contributed by atoms with Gasteiger partial charge in [-0.15, -0.1) is 0 Å². The third-order valence-electron chi connectivity index (χ3n) is 7.26. The molecule has 1 spiro atoms. The first-order valence-electron chi connectivity index (χ1n) is 7.31. The summed E-state index contributed by atoms with van der Waals surface area (Å²) in [4.78, 5) is 12.4. The Morgan fingerprint density at radius 3 is 2.32 bits per heavy atom. The smallest absolute Gasteiger partial charge is 0.312 e. The standard InChI is InChI=1S/C14H15BrO4/c1-2-17-11(16)12-5-8-6(12)10-7(12)9(5)13(8,15)14(10)18-3-4-19-14/h5-10H,2-4H2,1H3/t5?,6-,7+,8-,9-,10?,12?,13?/m0/s1. The van der Waals surface area contributed by atoms with Gasteiger partial charge in [-0.1, -0.05) is 15.9 Å². The maximum Gasteiger partial charge on any atom is 0.312 e. The van der Waals surface area contributed by atoms with E-state index < -0.39 is 5.79 Å². The van der Waals surface area contributed by atoms with E-state index in [2.05, 4.69) is 15.9 Å². The predicted octanol–water partition coefficient (Wildman–Crippen LogP) is 1.18. The summed E-state index contributed by atoms with van der Waals surface area (Å²) >= 11 is 3.98. The van der Waals surface area contributed by atoms with Gasteiger partial charge in [0.15, 0.2) is 5.79 Å². The highest BCUT2D eigenvalue weighted by Crippen LogP contribution is 3.04. The van der Waals surface area contributed by atoms with E-state index in [1.807, 2.05) is 6.92 Å². The maximum absolute atomic E-state index is 12.4. The average molecular weight is 327 g/mol. The lowest BCUT2D eigenvalue weighted by Crippen LogP contribution is -2.94. The largest absolute Gasteiger partial charge is 0.466 e. The molecule has 2 bridgehead atoms. The van der Waals surface area contributed by atoms with E-state index in [1.165, 1.54) is 0 Å². The number of halogens is 1. The Bertz CT molecular complexity index is 520. The molecule has 6 saturated carbocycles. The number of carbonyl (C=O) groups is 1. The molecule has 1 saturated heterocycles. The van der Waals surface area contributed by atoms with Crippen LogP contribution in [-0.4, -0.2) is 35.9 Å². The Morgan fingerprint density at radius 1 is 1.16 bits per heavy atom. The average Bonchev–Trinajstić information content (AvgIpc) is 2.89. The quantitative estimate of drug-likeness (QED) is 0.564. The van der Waals surface area contributed by atoms with Crippen LogP contribution in [0.4, 0.5) is 0 Å². The van der Waals surface area contributed by atoms with Crippen LogP contribution in [0.25, 0.3) is 0 Å². The summed E-state index contributed by atoms with van der Waals surface area (Å²) in [5.41, 5.74) is -0.133. The second-order valence-electron chi connectivity index (χ2n) is 6.94. The molecule has 0 amide bonds. The van der Waals surface area contributed by atoms with Gasteiger partial charge in [-0.3, -0.25) is 4.79 Å². The van der Waals surface area contributed by atoms with Gasteiger partial charge >= 0.3 is 5.97 Å². The molecule has 19 heavy (non-hydrogen) atoms. The van der Waals surface area contributed by atoms with Crippen molar-refractivity contribution in [1.29, 1.82) is 0 Å². The molecule has 4 unspecified atom stereocenters. The summed E-state index contributed by atoms with van der Waals surface area (Å²) in [6.07, 6.45) is 0. The van der Waals surface area contributed by atoms with Crippen LogP contribution in [-0.2, 0) is 19.0 Å². The Hall–Kier alpha value is -0.130. The molecule has 0 aromatic rings.